The molecule has 13 heavy (non-hydrogen) atoms. The fourth-order valence-corrected chi connectivity index (χ4v) is 0.784. The molecule has 0 aliphatic carbocycles. The van der Waals surface area contributed by atoms with Crippen LogP contribution in [0.5, 0.6) is 0 Å². The van der Waals surface area contributed by atoms with Gasteiger partial charge in [0.2, 0.25) is 4.32 Å². The first-order valence-electron chi connectivity index (χ1n) is 3.98. The molecule has 0 aromatic heterocycles. The van der Waals surface area contributed by atoms with Gasteiger partial charge in [-0.1, -0.05) is 22.9 Å². The van der Waals surface area contributed by atoms with Gasteiger partial charge in [-0.2, -0.15) is 0 Å². The third-order valence-electron chi connectivity index (χ3n) is 1.49. The van der Waals surface area contributed by atoms with Crippen LogP contribution in [0.3, 0.4) is 0 Å². The van der Waals surface area contributed by atoms with E-state index in [0.29, 0.717) is 0 Å². The Morgan fingerprint density at radius 3 is 2.23 bits per heavy atom. The number of carbonyl (C=O) groups is 2. The fraction of sp³-hybridized carbons (Fsp3) is 0.750. The summed E-state index contributed by atoms with van der Waals surface area (Å²) < 4.78 is 3.20. The maximum absolute atomic E-state index is 11.3. The van der Waals surface area contributed by atoms with Gasteiger partial charge < -0.3 is 9.84 Å². The lowest BCUT2D eigenvalue weighted by Crippen LogP contribution is -2.42. The van der Waals surface area contributed by atoms with E-state index in [1.165, 1.54) is 0 Å². The monoisotopic (exact) mass is 252 g/mol. The quantitative estimate of drug-likeness (QED) is 0.469. The second-order valence-electron chi connectivity index (χ2n) is 2.91. The Bertz CT molecular complexity index is 214. The molecule has 1 unspecified atom stereocenters. The second kappa shape index (κ2) is 4.60. The van der Waals surface area contributed by atoms with Gasteiger partial charge >= 0.3 is 11.9 Å². The molecule has 0 spiro atoms. The summed E-state index contributed by atoms with van der Waals surface area (Å²) in [5.41, 5.74) is 0. The van der Waals surface area contributed by atoms with E-state index in [1.54, 1.807) is 20.8 Å². The minimum Gasteiger partial charge on any atom is -0.480 e. The van der Waals surface area contributed by atoms with E-state index in [4.69, 9.17) is 9.84 Å². The highest BCUT2D eigenvalue weighted by Crippen LogP contribution is 2.25. The lowest BCUT2D eigenvalue weighted by molar-refractivity contribution is -0.158. The number of esters is 1. The van der Waals surface area contributed by atoms with Gasteiger partial charge in [-0.25, -0.2) is 4.79 Å². The zero-order valence-electron chi connectivity index (χ0n) is 7.83. The second-order valence-corrected chi connectivity index (χ2v) is 4.27. The van der Waals surface area contributed by atoms with Crippen molar-refractivity contribution in [3.05, 3.63) is 0 Å². The van der Waals surface area contributed by atoms with E-state index in [0.717, 1.165) is 0 Å². The Morgan fingerprint density at radius 2 is 2.00 bits per heavy atom. The van der Waals surface area contributed by atoms with Crippen LogP contribution < -0.4 is 0 Å². The van der Waals surface area contributed by atoms with Gasteiger partial charge in [0.15, 0.2) is 0 Å². The summed E-state index contributed by atoms with van der Waals surface area (Å²) in [7, 11) is 0. The summed E-state index contributed by atoms with van der Waals surface area (Å²) in [4.78, 5) is 22.0. The molecule has 0 saturated carbocycles. The lowest BCUT2D eigenvalue weighted by atomic mass is 10.1. The molecule has 0 saturated heterocycles. The molecule has 0 aliphatic heterocycles. The molecular weight excluding hydrogens is 240 g/mol. The van der Waals surface area contributed by atoms with Gasteiger partial charge in [-0.3, -0.25) is 4.79 Å². The Hall–Kier alpha value is -0.580. The first-order chi connectivity index (χ1) is 5.84. The predicted octanol–water partition coefficient (Wildman–Crippen LogP) is 1.57. The summed E-state index contributed by atoms with van der Waals surface area (Å²) in [5.74, 6) is -1.97. The molecule has 1 atom stereocenters. The maximum atomic E-state index is 11.3. The summed E-state index contributed by atoms with van der Waals surface area (Å²) in [5, 5.41) is 8.77. The third-order valence-corrected chi connectivity index (χ3v) is 2.72. The van der Waals surface area contributed by atoms with E-state index >= 15 is 0 Å². The van der Waals surface area contributed by atoms with Crippen LogP contribution >= 0.6 is 15.9 Å². The van der Waals surface area contributed by atoms with Crippen molar-refractivity contribution in [1.82, 2.24) is 0 Å². The number of aliphatic carboxylic acids is 1. The first-order valence-corrected chi connectivity index (χ1v) is 4.77. The smallest absolute Gasteiger partial charge is 0.334 e. The molecule has 0 bridgehead atoms. The van der Waals surface area contributed by atoms with Crippen molar-refractivity contribution in [2.75, 3.05) is 0 Å². The van der Waals surface area contributed by atoms with Gasteiger partial charge in [-0.05, 0) is 20.3 Å². The van der Waals surface area contributed by atoms with Crippen LogP contribution in [-0.2, 0) is 14.3 Å². The highest BCUT2D eigenvalue weighted by Gasteiger charge is 2.44. The average Bonchev–Trinajstić information content (AvgIpc) is 2.01. The molecule has 0 rings (SSSR count). The van der Waals surface area contributed by atoms with E-state index in [1.807, 2.05) is 0 Å². The number of halogens is 1. The standard InChI is InChI=1S/C8H13BrO4/c1-4-8(9,6(10)11)7(12)13-5(2)3/h5H,4H2,1-3H3,(H,10,11). The van der Waals surface area contributed by atoms with Crippen molar-refractivity contribution in [2.24, 2.45) is 0 Å². The summed E-state index contributed by atoms with van der Waals surface area (Å²) in [6.45, 7) is 4.94. The molecule has 0 aromatic carbocycles. The van der Waals surface area contributed by atoms with Crippen LogP contribution in [0.2, 0.25) is 0 Å². The average molecular weight is 253 g/mol. The number of alkyl halides is 1. The summed E-state index contributed by atoms with van der Waals surface area (Å²) in [6.07, 6.45) is -0.163. The van der Waals surface area contributed by atoms with E-state index in [2.05, 4.69) is 15.9 Å². The first kappa shape index (κ1) is 12.4. The van der Waals surface area contributed by atoms with Gasteiger partial charge in [0, 0.05) is 0 Å². The SMILES string of the molecule is CCC(Br)(C(=O)O)C(=O)OC(C)C. The largest absolute Gasteiger partial charge is 0.480 e. The lowest BCUT2D eigenvalue weighted by Gasteiger charge is -2.20. The van der Waals surface area contributed by atoms with Crippen molar-refractivity contribution in [3.63, 3.8) is 0 Å². The molecule has 0 aromatic rings. The van der Waals surface area contributed by atoms with E-state index < -0.39 is 16.3 Å². The molecule has 0 amide bonds. The zero-order chi connectivity index (χ0) is 10.6. The normalized spacial score (nSPS) is 15.2. The molecule has 0 radical (unpaired) electrons. The van der Waals surface area contributed by atoms with E-state index in [9.17, 15) is 9.59 Å². The number of carbonyl (C=O) groups excluding carboxylic acids is 1. The molecule has 1 N–H and O–H groups in total. The Kier molecular flexibility index (Phi) is 4.39. The van der Waals surface area contributed by atoms with Crippen molar-refractivity contribution < 1.29 is 19.4 Å². The minimum atomic E-state index is -1.60. The van der Waals surface area contributed by atoms with E-state index in [-0.39, 0.29) is 12.5 Å². The molecule has 0 aliphatic rings. The van der Waals surface area contributed by atoms with Crippen molar-refractivity contribution in [1.29, 1.82) is 0 Å². The van der Waals surface area contributed by atoms with Crippen molar-refractivity contribution in [2.45, 2.75) is 37.6 Å². The van der Waals surface area contributed by atoms with Crippen LogP contribution in [0.15, 0.2) is 0 Å². The summed E-state index contributed by atoms with van der Waals surface area (Å²) >= 11 is 2.87. The molecule has 0 heterocycles. The number of carboxylic acids is 1. The zero-order valence-corrected chi connectivity index (χ0v) is 9.42. The predicted molar refractivity (Wildman–Crippen MR) is 50.8 cm³/mol. The number of hydrogen-bond donors (Lipinski definition) is 1. The van der Waals surface area contributed by atoms with Crippen LogP contribution in [0.25, 0.3) is 0 Å². The third kappa shape index (κ3) is 2.99. The number of hydrogen-bond acceptors (Lipinski definition) is 3. The van der Waals surface area contributed by atoms with Crippen LogP contribution in [0, 0.1) is 0 Å². The molecule has 4 nitrogen and oxygen atoms in total. The highest BCUT2D eigenvalue weighted by atomic mass is 79.9. The van der Waals surface area contributed by atoms with Gasteiger partial charge in [-0.15, -0.1) is 0 Å². The van der Waals surface area contributed by atoms with Crippen LogP contribution in [0.1, 0.15) is 27.2 Å². The minimum absolute atomic E-state index is 0.147. The molecule has 76 valence electrons. The number of ether oxygens (including phenoxy) is 1. The Morgan fingerprint density at radius 1 is 1.54 bits per heavy atom. The van der Waals surface area contributed by atoms with Crippen LogP contribution in [0.4, 0.5) is 0 Å². The van der Waals surface area contributed by atoms with Crippen molar-refractivity contribution in [3.8, 4) is 0 Å². The Labute approximate surface area is 85.4 Å². The topological polar surface area (TPSA) is 63.6 Å². The molecular formula is C8H13BrO4. The molecule has 5 heteroatoms. The summed E-state index contributed by atoms with van der Waals surface area (Å²) in [6, 6.07) is 0. The van der Waals surface area contributed by atoms with Gasteiger partial charge in [0.25, 0.3) is 0 Å². The highest BCUT2D eigenvalue weighted by molar-refractivity contribution is 9.10. The van der Waals surface area contributed by atoms with Crippen molar-refractivity contribution >= 4 is 27.9 Å². The van der Waals surface area contributed by atoms with Gasteiger partial charge in [0.05, 0.1) is 6.10 Å². The Balaban J connectivity index is 4.58. The van der Waals surface area contributed by atoms with Crippen LogP contribution in [-0.4, -0.2) is 27.5 Å². The number of rotatable bonds is 4. The maximum Gasteiger partial charge on any atom is 0.334 e. The molecule has 0 fully saturated rings. The van der Waals surface area contributed by atoms with Gasteiger partial charge in [0.1, 0.15) is 0 Å². The fourth-order valence-electron chi connectivity index (χ4n) is 0.690. The number of carboxylic acid groups (broad SMARTS) is 1.